The molecule has 5 heteroatoms. The van der Waals surface area contributed by atoms with Crippen molar-refractivity contribution in [1.82, 2.24) is 5.16 Å². The SMILES string of the molecule is Cc1onc(-c2ccccc2)c1C(=O)Nc1ccc(CCO)cc1. The van der Waals surface area contributed by atoms with Gasteiger partial charge in [-0.15, -0.1) is 0 Å². The third-order valence-electron chi connectivity index (χ3n) is 3.75. The fourth-order valence-electron chi connectivity index (χ4n) is 2.51. The van der Waals surface area contributed by atoms with Gasteiger partial charge in [-0.05, 0) is 31.0 Å². The highest BCUT2D eigenvalue weighted by molar-refractivity contribution is 6.08. The molecule has 0 fully saturated rings. The number of aryl methyl sites for hydroxylation is 1. The van der Waals surface area contributed by atoms with Crippen molar-refractivity contribution in [2.75, 3.05) is 11.9 Å². The first-order valence-corrected chi connectivity index (χ1v) is 7.72. The Labute approximate surface area is 139 Å². The fourth-order valence-corrected chi connectivity index (χ4v) is 2.51. The maximum Gasteiger partial charge on any atom is 0.261 e. The molecular weight excluding hydrogens is 304 g/mol. The standard InChI is InChI=1S/C19H18N2O3/c1-13-17(18(21-24-13)15-5-3-2-4-6-15)19(23)20-16-9-7-14(8-10-16)11-12-22/h2-10,22H,11-12H2,1H3,(H,20,23). The molecule has 1 amide bonds. The number of nitrogens with one attached hydrogen (secondary N) is 1. The van der Waals surface area contributed by atoms with E-state index in [9.17, 15) is 4.79 Å². The molecular formula is C19H18N2O3. The molecule has 2 N–H and O–H groups in total. The van der Waals surface area contributed by atoms with Crippen molar-refractivity contribution in [3.05, 3.63) is 71.5 Å². The minimum atomic E-state index is -0.262. The van der Waals surface area contributed by atoms with Crippen molar-refractivity contribution in [2.24, 2.45) is 0 Å². The van der Waals surface area contributed by atoms with E-state index in [0.717, 1.165) is 11.1 Å². The van der Waals surface area contributed by atoms with Crippen LogP contribution in [0.3, 0.4) is 0 Å². The second-order valence-corrected chi connectivity index (χ2v) is 5.45. The Morgan fingerprint density at radius 1 is 1.12 bits per heavy atom. The molecule has 3 aromatic rings. The summed E-state index contributed by atoms with van der Waals surface area (Å²) in [6.45, 7) is 1.82. The van der Waals surface area contributed by atoms with Crippen molar-refractivity contribution in [2.45, 2.75) is 13.3 Å². The van der Waals surface area contributed by atoms with Crippen LogP contribution in [0.15, 0.2) is 59.1 Å². The van der Waals surface area contributed by atoms with Crippen LogP contribution < -0.4 is 5.32 Å². The van der Waals surface area contributed by atoms with Crippen LogP contribution in [0.5, 0.6) is 0 Å². The molecule has 1 heterocycles. The lowest BCUT2D eigenvalue weighted by atomic mass is 10.1. The topological polar surface area (TPSA) is 75.4 Å². The molecule has 0 unspecified atom stereocenters. The first kappa shape index (κ1) is 16.0. The van der Waals surface area contributed by atoms with Crippen LogP contribution >= 0.6 is 0 Å². The highest BCUT2D eigenvalue weighted by Gasteiger charge is 2.21. The predicted octanol–water partition coefficient (Wildman–Crippen LogP) is 3.44. The van der Waals surface area contributed by atoms with Gasteiger partial charge >= 0.3 is 0 Å². The van der Waals surface area contributed by atoms with Gasteiger partial charge in [-0.1, -0.05) is 47.6 Å². The van der Waals surface area contributed by atoms with Gasteiger partial charge in [-0.2, -0.15) is 0 Å². The van der Waals surface area contributed by atoms with Crippen molar-refractivity contribution < 1.29 is 14.4 Å². The lowest BCUT2D eigenvalue weighted by molar-refractivity contribution is 0.102. The van der Waals surface area contributed by atoms with E-state index in [2.05, 4.69) is 10.5 Å². The van der Waals surface area contributed by atoms with Gasteiger partial charge in [0, 0.05) is 17.9 Å². The Bertz CT molecular complexity index is 824. The monoisotopic (exact) mass is 322 g/mol. The van der Waals surface area contributed by atoms with Gasteiger partial charge in [0.15, 0.2) is 0 Å². The predicted molar refractivity (Wildman–Crippen MR) is 91.9 cm³/mol. The average molecular weight is 322 g/mol. The second kappa shape index (κ2) is 7.10. The summed E-state index contributed by atoms with van der Waals surface area (Å²) in [5.74, 6) is 0.214. The van der Waals surface area contributed by atoms with Gasteiger partial charge in [-0.25, -0.2) is 0 Å². The lowest BCUT2D eigenvalue weighted by Gasteiger charge is -2.07. The minimum Gasteiger partial charge on any atom is -0.396 e. The lowest BCUT2D eigenvalue weighted by Crippen LogP contribution is -2.13. The van der Waals surface area contributed by atoms with E-state index in [0.29, 0.717) is 29.1 Å². The van der Waals surface area contributed by atoms with E-state index in [4.69, 9.17) is 9.63 Å². The van der Waals surface area contributed by atoms with Crippen LogP contribution in [0, 0.1) is 6.92 Å². The minimum absolute atomic E-state index is 0.103. The molecule has 0 aliphatic heterocycles. The third kappa shape index (κ3) is 3.36. The summed E-state index contributed by atoms with van der Waals surface area (Å²) in [7, 11) is 0. The maximum atomic E-state index is 12.6. The van der Waals surface area contributed by atoms with E-state index >= 15 is 0 Å². The number of rotatable bonds is 5. The van der Waals surface area contributed by atoms with Gasteiger partial charge in [0.1, 0.15) is 17.0 Å². The zero-order valence-electron chi connectivity index (χ0n) is 13.3. The number of amides is 1. The van der Waals surface area contributed by atoms with E-state index < -0.39 is 0 Å². The highest BCUT2D eigenvalue weighted by atomic mass is 16.5. The van der Waals surface area contributed by atoms with Gasteiger partial charge < -0.3 is 14.9 Å². The summed E-state index contributed by atoms with van der Waals surface area (Å²) >= 11 is 0. The quantitative estimate of drug-likeness (QED) is 0.754. The Balaban J connectivity index is 1.84. The number of carbonyl (C=O) groups excluding carboxylic acids is 1. The molecule has 24 heavy (non-hydrogen) atoms. The van der Waals surface area contributed by atoms with Crippen molar-refractivity contribution in [1.29, 1.82) is 0 Å². The number of benzene rings is 2. The normalized spacial score (nSPS) is 10.6. The second-order valence-electron chi connectivity index (χ2n) is 5.45. The van der Waals surface area contributed by atoms with Crippen LogP contribution in [0.25, 0.3) is 11.3 Å². The number of aliphatic hydroxyl groups excluding tert-OH is 1. The zero-order chi connectivity index (χ0) is 16.9. The third-order valence-corrected chi connectivity index (χ3v) is 3.75. The zero-order valence-corrected chi connectivity index (χ0v) is 13.3. The molecule has 0 radical (unpaired) electrons. The van der Waals surface area contributed by atoms with Crippen LogP contribution in [0.1, 0.15) is 21.7 Å². The molecule has 0 bridgehead atoms. The van der Waals surface area contributed by atoms with Crippen molar-refractivity contribution in [3.8, 4) is 11.3 Å². The van der Waals surface area contributed by atoms with E-state index in [1.165, 1.54) is 0 Å². The fraction of sp³-hybridized carbons (Fsp3) is 0.158. The molecule has 2 aromatic carbocycles. The van der Waals surface area contributed by atoms with Crippen LogP contribution in [-0.2, 0) is 6.42 Å². The van der Waals surface area contributed by atoms with Crippen molar-refractivity contribution >= 4 is 11.6 Å². The number of hydrogen-bond acceptors (Lipinski definition) is 4. The molecule has 0 aliphatic carbocycles. The molecule has 0 atom stereocenters. The first-order chi connectivity index (χ1) is 11.7. The number of hydrogen-bond donors (Lipinski definition) is 2. The Hall–Kier alpha value is -2.92. The van der Waals surface area contributed by atoms with Gasteiger partial charge in [0.2, 0.25) is 0 Å². The van der Waals surface area contributed by atoms with E-state index in [-0.39, 0.29) is 12.5 Å². The van der Waals surface area contributed by atoms with Crippen LogP contribution in [-0.4, -0.2) is 22.8 Å². The molecule has 122 valence electrons. The van der Waals surface area contributed by atoms with Crippen molar-refractivity contribution in [3.63, 3.8) is 0 Å². The van der Waals surface area contributed by atoms with Crippen LogP contribution in [0.2, 0.25) is 0 Å². The molecule has 3 rings (SSSR count). The Morgan fingerprint density at radius 2 is 1.83 bits per heavy atom. The molecule has 0 saturated carbocycles. The van der Waals surface area contributed by atoms with Crippen LogP contribution in [0.4, 0.5) is 5.69 Å². The number of carbonyl (C=O) groups is 1. The van der Waals surface area contributed by atoms with Gasteiger partial charge in [0.05, 0.1) is 0 Å². The maximum absolute atomic E-state index is 12.6. The summed E-state index contributed by atoms with van der Waals surface area (Å²) in [6.07, 6.45) is 0.594. The first-order valence-electron chi connectivity index (χ1n) is 7.72. The number of aromatic nitrogens is 1. The number of aliphatic hydroxyl groups is 1. The molecule has 0 spiro atoms. The Kier molecular flexibility index (Phi) is 4.72. The largest absolute Gasteiger partial charge is 0.396 e. The smallest absolute Gasteiger partial charge is 0.261 e. The average Bonchev–Trinajstić information content (AvgIpc) is 2.99. The molecule has 0 saturated heterocycles. The molecule has 5 nitrogen and oxygen atoms in total. The van der Waals surface area contributed by atoms with Gasteiger partial charge in [-0.3, -0.25) is 4.79 Å². The van der Waals surface area contributed by atoms with E-state index in [1.807, 2.05) is 54.6 Å². The molecule has 1 aromatic heterocycles. The summed E-state index contributed by atoms with van der Waals surface area (Å²) in [5, 5.41) is 15.8. The molecule has 0 aliphatic rings. The van der Waals surface area contributed by atoms with Gasteiger partial charge in [0.25, 0.3) is 5.91 Å². The summed E-state index contributed by atoms with van der Waals surface area (Å²) < 4.78 is 5.22. The summed E-state index contributed by atoms with van der Waals surface area (Å²) in [4.78, 5) is 12.6. The summed E-state index contributed by atoms with van der Waals surface area (Å²) in [5.41, 5.74) is 3.49. The number of anilines is 1. The number of nitrogens with zero attached hydrogens (tertiary/aromatic N) is 1. The van der Waals surface area contributed by atoms with E-state index in [1.54, 1.807) is 6.92 Å². The Morgan fingerprint density at radius 3 is 2.50 bits per heavy atom. The highest BCUT2D eigenvalue weighted by Crippen LogP contribution is 2.26. The summed E-state index contributed by atoms with van der Waals surface area (Å²) in [6, 6.07) is 16.8.